The molecule has 4 aromatic rings. The summed E-state index contributed by atoms with van der Waals surface area (Å²) < 4.78 is 28.9. The number of benzene rings is 3. The topological polar surface area (TPSA) is 81.1 Å². The van der Waals surface area contributed by atoms with Crippen LogP contribution in [0.4, 0.5) is 0 Å². The highest BCUT2D eigenvalue weighted by atomic mass is 35.5. The van der Waals surface area contributed by atoms with E-state index in [4.69, 9.17) is 23.2 Å². The van der Waals surface area contributed by atoms with Crippen LogP contribution in [0.1, 0.15) is 33.8 Å². The van der Waals surface area contributed by atoms with E-state index in [1.165, 1.54) is 18.2 Å². The normalized spacial score (nSPS) is 11.9. The van der Waals surface area contributed by atoms with E-state index in [9.17, 15) is 13.2 Å². The zero-order chi connectivity index (χ0) is 27.3. The minimum Gasteiger partial charge on any atom is -0.323 e. The van der Waals surface area contributed by atoms with Gasteiger partial charge in [0, 0.05) is 11.1 Å². The molecule has 194 valence electrons. The molecule has 1 amide bonds. The predicted octanol–water partition coefficient (Wildman–Crippen LogP) is 6.54. The third kappa shape index (κ3) is 6.81. The van der Waals surface area contributed by atoms with Crippen LogP contribution < -0.4 is 4.72 Å². The molecule has 1 aromatic heterocycles. The summed E-state index contributed by atoms with van der Waals surface area (Å²) in [5, 5.41) is 0.757. The number of carbonyl (C=O) groups is 1. The number of hydrogen-bond acceptors (Lipinski definition) is 4. The van der Waals surface area contributed by atoms with Crippen LogP contribution in [0.5, 0.6) is 0 Å². The largest absolute Gasteiger partial charge is 0.323 e. The van der Waals surface area contributed by atoms with Gasteiger partial charge in [0.15, 0.2) is 5.15 Å². The van der Waals surface area contributed by atoms with Crippen molar-refractivity contribution in [2.75, 3.05) is 0 Å². The Kier molecular flexibility index (Phi) is 8.52. The minimum absolute atomic E-state index is 0.000436. The first-order valence-corrected chi connectivity index (χ1v) is 13.9. The highest BCUT2D eigenvalue weighted by Gasteiger charge is 2.17. The van der Waals surface area contributed by atoms with Gasteiger partial charge in [0.05, 0.1) is 17.1 Å². The molecule has 0 fully saturated rings. The summed E-state index contributed by atoms with van der Waals surface area (Å²) >= 11 is 12.9. The lowest BCUT2D eigenvalue weighted by Gasteiger charge is -2.11. The second kappa shape index (κ2) is 11.8. The van der Waals surface area contributed by atoms with E-state index in [1.807, 2.05) is 72.3 Å². The van der Waals surface area contributed by atoms with Crippen molar-refractivity contribution in [2.45, 2.75) is 25.3 Å². The second-order valence-corrected chi connectivity index (χ2v) is 11.1. The Balaban J connectivity index is 1.50. The lowest BCUT2D eigenvalue weighted by Crippen LogP contribution is -2.29. The first-order valence-electron chi connectivity index (χ1n) is 11.7. The first kappa shape index (κ1) is 27.4. The highest BCUT2D eigenvalue weighted by Crippen LogP contribution is 2.25. The van der Waals surface area contributed by atoms with E-state index >= 15 is 0 Å². The van der Waals surface area contributed by atoms with Crippen LogP contribution in [0, 0.1) is 13.8 Å². The molecule has 4 rings (SSSR count). The number of aromatic nitrogens is 2. The van der Waals surface area contributed by atoms with E-state index in [-0.39, 0.29) is 10.0 Å². The molecule has 0 saturated carbocycles. The van der Waals surface area contributed by atoms with Crippen molar-refractivity contribution >= 4 is 57.4 Å². The van der Waals surface area contributed by atoms with Crippen LogP contribution in [0.3, 0.4) is 0 Å². The van der Waals surface area contributed by atoms with Crippen molar-refractivity contribution in [2.24, 2.45) is 0 Å². The van der Waals surface area contributed by atoms with Gasteiger partial charge in [-0.05, 0) is 54.8 Å². The van der Waals surface area contributed by atoms with Gasteiger partial charge >= 0.3 is 0 Å². The Morgan fingerprint density at radius 3 is 2.29 bits per heavy atom. The van der Waals surface area contributed by atoms with Crippen LogP contribution in [-0.2, 0) is 21.4 Å². The molecule has 1 N–H and O–H groups in total. The van der Waals surface area contributed by atoms with E-state index in [0.29, 0.717) is 23.1 Å². The smallest absolute Gasteiger partial charge is 0.264 e. The standard InChI is InChI=1S/C29H25Cl2N3O3S/c1-20-8-14-25(15-9-20)38(36,37)33-28(35)17-16-27-29(31)32-21(2)34(27)19-24-13-12-23(18-26(24)30)11-10-22-6-4-3-5-7-22/h3-18H,19H2,1-2H3,(H,33,35). The molecule has 0 unspecified atom stereocenters. The summed E-state index contributed by atoms with van der Waals surface area (Å²) in [4.78, 5) is 16.7. The van der Waals surface area contributed by atoms with Crippen LogP contribution in [0.15, 0.2) is 83.8 Å². The van der Waals surface area contributed by atoms with E-state index in [1.54, 1.807) is 23.6 Å². The first-order chi connectivity index (χ1) is 18.1. The number of halogens is 2. The summed E-state index contributed by atoms with van der Waals surface area (Å²) in [5.74, 6) is -0.189. The Bertz CT molecular complexity index is 1630. The Morgan fingerprint density at radius 1 is 0.921 bits per heavy atom. The van der Waals surface area contributed by atoms with Crippen molar-refractivity contribution in [1.82, 2.24) is 14.3 Å². The van der Waals surface area contributed by atoms with E-state index in [2.05, 4.69) is 4.98 Å². The van der Waals surface area contributed by atoms with Gasteiger partial charge < -0.3 is 4.57 Å². The van der Waals surface area contributed by atoms with Gasteiger partial charge in [-0.15, -0.1) is 0 Å². The van der Waals surface area contributed by atoms with Gasteiger partial charge in [-0.25, -0.2) is 18.1 Å². The average Bonchev–Trinajstić information content (AvgIpc) is 3.15. The molecular formula is C29H25Cl2N3O3S. The number of hydrogen-bond donors (Lipinski definition) is 1. The zero-order valence-corrected chi connectivity index (χ0v) is 23.1. The maximum atomic E-state index is 12.5. The van der Waals surface area contributed by atoms with Gasteiger partial charge in [0.2, 0.25) is 0 Å². The Labute approximate surface area is 232 Å². The lowest BCUT2D eigenvalue weighted by molar-refractivity contribution is -0.114. The molecule has 0 aliphatic carbocycles. The molecule has 1 heterocycles. The van der Waals surface area contributed by atoms with Gasteiger partial charge in [-0.1, -0.05) is 95.5 Å². The Morgan fingerprint density at radius 2 is 1.61 bits per heavy atom. The summed E-state index contributed by atoms with van der Waals surface area (Å²) in [6.45, 7) is 3.99. The van der Waals surface area contributed by atoms with E-state index in [0.717, 1.165) is 28.3 Å². The minimum atomic E-state index is -4.01. The van der Waals surface area contributed by atoms with Crippen LogP contribution in [0.25, 0.3) is 18.2 Å². The number of nitrogens with zero attached hydrogens (tertiary/aromatic N) is 2. The quantitative estimate of drug-likeness (QED) is 0.194. The van der Waals surface area contributed by atoms with Crippen molar-refractivity contribution in [3.05, 3.63) is 123 Å². The number of rotatable bonds is 8. The summed E-state index contributed by atoms with van der Waals surface area (Å²) in [7, 11) is -4.01. The number of imidazole rings is 1. The highest BCUT2D eigenvalue weighted by molar-refractivity contribution is 7.90. The molecule has 0 spiro atoms. The monoisotopic (exact) mass is 565 g/mol. The van der Waals surface area contributed by atoms with Crippen LogP contribution in [-0.4, -0.2) is 23.9 Å². The van der Waals surface area contributed by atoms with Crippen molar-refractivity contribution in [3.63, 3.8) is 0 Å². The van der Waals surface area contributed by atoms with Gasteiger partial charge in [0.1, 0.15) is 5.82 Å². The van der Waals surface area contributed by atoms with Gasteiger partial charge in [-0.2, -0.15) is 0 Å². The zero-order valence-electron chi connectivity index (χ0n) is 20.7. The maximum Gasteiger partial charge on any atom is 0.264 e. The SMILES string of the molecule is Cc1ccc(S(=O)(=O)NC(=O)C=Cc2c(Cl)nc(C)n2Cc2ccc(C=Cc3ccccc3)cc2Cl)cc1. The third-order valence-corrected chi connectivity index (χ3v) is 7.78. The number of sulfonamides is 1. The van der Waals surface area contributed by atoms with E-state index < -0.39 is 15.9 Å². The van der Waals surface area contributed by atoms with Crippen LogP contribution in [0.2, 0.25) is 10.2 Å². The number of aryl methyl sites for hydroxylation is 2. The molecule has 0 atom stereocenters. The van der Waals surface area contributed by atoms with Crippen molar-refractivity contribution < 1.29 is 13.2 Å². The fourth-order valence-corrected chi connectivity index (χ4v) is 5.20. The molecule has 0 aliphatic heterocycles. The summed E-state index contributed by atoms with van der Waals surface area (Å²) in [5.41, 5.74) is 4.24. The molecule has 3 aromatic carbocycles. The molecule has 38 heavy (non-hydrogen) atoms. The number of nitrogens with one attached hydrogen (secondary N) is 1. The summed E-state index contributed by atoms with van der Waals surface area (Å²) in [6.07, 6.45) is 6.55. The third-order valence-electron chi connectivity index (χ3n) is 5.78. The average molecular weight is 567 g/mol. The number of amides is 1. The number of carbonyl (C=O) groups excluding carboxylic acids is 1. The van der Waals surface area contributed by atoms with Crippen molar-refractivity contribution in [1.29, 1.82) is 0 Å². The van der Waals surface area contributed by atoms with Crippen LogP contribution >= 0.6 is 23.2 Å². The molecule has 0 radical (unpaired) electrons. The molecular weight excluding hydrogens is 541 g/mol. The molecule has 0 bridgehead atoms. The second-order valence-electron chi connectivity index (χ2n) is 8.63. The molecule has 0 aliphatic rings. The summed E-state index contributed by atoms with van der Waals surface area (Å²) in [6, 6.07) is 21.9. The van der Waals surface area contributed by atoms with Crippen molar-refractivity contribution in [3.8, 4) is 0 Å². The lowest BCUT2D eigenvalue weighted by atomic mass is 10.1. The molecule has 6 nitrogen and oxygen atoms in total. The van der Waals surface area contributed by atoms with Gasteiger partial charge in [-0.3, -0.25) is 4.79 Å². The maximum absolute atomic E-state index is 12.5. The molecule has 0 saturated heterocycles. The predicted molar refractivity (Wildman–Crippen MR) is 153 cm³/mol. The molecule has 9 heteroatoms. The van der Waals surface area contributed by atoms with Gasteiger partial charge in [0.25, 0.3) is 15.9 Å². The Hall–Kier alpha value is -3.65. The fraction of sp³-hybridized carbons (Fsp3) is 0.103. The fourth-order valence-electron chi connectivity index (χ4n) is 3.72.